The number of halogens is 1. The lowest BCUT2D eigenvalue weighted by molar-refractivity contribution is 0.308. The number of likely N-dealkylation sites (tertiary alicyclic amines) is 1. The summed E-state index contributed by atoms with van der Waals surface area (Å²) in [6, 6.07) is 11.1. The van der Waals surface area contributed by atoms with E-state index in [1.54, 1.807) is 18.3 Å². The minimum atomic E-state index is -0.749. The van der Waals surface area contributed by atoms with E-state index in [1.807, 2.05) is 29.2 Å². The maximum atomic E-state index is 13.4. The van der Waals surface area contributed by atoms with Gasteiger partial charge >= 0.3 is 0 Å². The first kappa shape index (κ1) is 24.7. The fraction of sp³-hybridized carbons (Fsp3) is 0.407. The Kier molecular flexibility index (Phi) is 7.32. The lowest BCUT2D eigenvalue weighted by Crippen LogP contribution is -2.35. The van der Waals surface area contributed by atoms with Gasteiger partial charge in [0, 0.05) is 50.5 Å². The predicted molar refractivity (Wildman–Crippen MR) is 142 cm³/mol. The third-order valence-electron chi connectivity index (χ3n) is 6.93. The number of alkyl halides is 1. The highest BCUT2D eigenvalue weighted by atomic mass is 19.1. The highest BCUT2D eigenvalue weighted by Gasteiger charge is 2.25. The van der Waals surface area contributed by atoms with Crippen LogP contribution in [-0.2, 0) is 0 Å². The number of anilines is 3. The summed E-state index contributed by atoms with van der Waals surface area (Å²) in [6.07, 6.45) is 2.45. The van der Waals surface area contributed by atoms with Gasteiger partial charge in [-0.3, -0.25) is 4.90 Å². The standard InChI is InChI=1S/C27H31FN8O/c1-19-9-14-35(23-17-22(32-33-27(23)29)21-5-2-3-6-24(21)37)15-16-36(19)26-8-11-30-25(31-26)7-4-12-34-13-10-20(28)18-34/h2-3,5-6,8,11,17,19-20,37H,9-10,12-16,18H2,1H3,(H2,29,33)/t19-,20+/m1/s1. The highest BCUT2D eigenvalue weighted by Crippen LogP contribution is 2.32. The smallest absolute Gasteiger partial charge is 0.206 e. The zero-order valence-corrected chi connectivity index (χ0v) is 20.9. The molecule has 192 valence electrons. The average Bonchev–Trinajstić information content (AvgIpc) is 3.21. The molecule has 1 aromatic carbocycles. The number of phenols is 1. The van der Waals surface area contributed by atoms with E-state index < -0.39 is 6.17 Å². The van der Waals surface area contributed by atoms with Crippen LogP contribution in [-0.4, -0.2) is 81.7 Å². The number of nitrogens with two attached hydrogens (primary N) is 1. The summed E-state index contributed by atoms with van der Waals surface area (Å²) in [6.45, 7) is 6.12. The first-order valence-electron chi connectivity index (χ1n) is 12.6. The second-order valence-corrected chi connectivity index (χ2v) is 9.50. The first-order chi connectivity index (χ1) is 18.0. The van der Waals surface area contributed by atoms with Crippen LogP contribution in [0.4, 0.5) is 21.7 Å². The molecule has 37 heavy (non-hydrogen) atoms. The largest absolute Gasteiger partial charge is 0.507 e. The van der Waals surface area contributed by atoms with Crippen LogP contribution in [0.5, 0.6) is 5.75 Å². The number of nitrogen functional groups attached to an aromatic ring is 1. The molecule has 2 aromatic heterocycles. The van der Waals surface area contributed by atoms with Gasteiger partial charge in [-0.2, -0.15) is 0 Å². The van der Waals surface area contributed by atoms with Gasteiger partial charge in [0.25, 0.3) is 0 Å². The molecular formula is C27H31FN8O. The minimum absolute atomic E-state index is 0.151. The maximum absolute atomic E-state index is 13.4. The number of para-hydroxylation sites is 1. The van der Waals surface area contributed by atoms with Gasteiger partial charge in [-0.15, -0.1) is 10.2 Å². The number of aromatic nitrogens is 4. The van der Waals surface area contributed by atoms with Gasteiger partial charge in [0.2, 0.25) is 5.82 Å². The summed E-state index contributed by atoms with van der Waals surface area (Å²) >= 11 is 0. The number of aromatic hydroxyl groups is 1. The van der Waals surface area contributed by atoms with Crippen molar-refractivity contribution in [1.29, 1.82) is 0 Å². The number of benzene rings is 1. The van der Waals surface area contributed by atoms with Crippen LogP contribution >= 0.6 is 0 Å². The number of hydrogen-bond acceptors (Lipinski definition) is 9. The Morgan fingerprint density at radius 3 is 2.78 bits per heavy atom. The average molecular weight is 503 g/mol. The predicted octanol–water partition coefficient (Wildman–Crippen LogP) is 2.72. The lowest BCUT2D eigenvalue weighted by atomic mass is 10.1. The molecular weight excluding hydrogens is 471 g/mol. The molecule has 0 bridgehead atoms. The summed E-state index contributed by atoms with van der Waals surface area (Å²) in [7, 11) is 0. The second kappa shape index (κ2) is 11.0. The SMILES string of the molecule is C[C@@H]1CCN(c2cc(-c3ccccc3O)nnc2N)CCN1c1ccnc(C#CCN2CC[C@H](F)C2)n1. The number of phenolic OH excluding ortho intramolecular Hbond substituents is 1. The second-order valence-electron chi connectivity index (χ2n) is 9.50. The van der Waals surface area contributed by atoms with Crippen molar-refractivity contribution < 1.29 is 9.50 Å². The zero-order chi connectivity index (χ0) is 25.8. The molecule has 0 aliphatic carbocycles. The molecule has 3 aromatic rings. The molecule has 9 nitrogen and oxygen atoms in total. The van der Waals surface area contributed by atoms with Gasteiger partial charge in [0.15, 0.2) is 5.82 Å². The van der Waals surface area contributed by atoms with Gasteiger partial charge in [-0.1, -0.05) is 18.1 Å². The molecule has 2 atom stereocenters. The van der Waals surface area contributed by atoms with E-state index in [0.717, 1.165) is 37.6 Å². The summed E-state index contributed by atoms with van der Waals surface area (Å²) in [5, 5.41) is 18.6. The van der Waals surface area contributed by atoms with E-state index in [0.29, 0.717) is 49.0 Å². The summed E-state index contributed by atoms with van der Waals surface area (Å²) in [4.78, 5) is 15.5. The third-order valence-corrected chi connectivity index (χ3v) is 6.93. The molecule has 3 N–H and O–H groups in total. The van der Waals surface area contributed by atoms with E-state index in [-0.39, 0.29) is 11.8 Å². The van der Waals surface area contributed by atoms with Gasteiger partial charge < -0.3 is 20.6 Å². The Balaban J connectivity index is 1.30. The van der Waals surface area contributed by atoms with Crippen LogP contribution in [0.25, 0.3) is 11.3 Å². The summed E-state index contributed by atoms with van der Waals surface area (Å²) < 4.78 is 13.4. The van der Waals surface area contributed by atoms with Crippen molar-refractivity contribution in [3.05, 3.63) is 48.4 Å². The monoisotopic (exact) mass is 502 g/mol. The Hall–Kier alpha value is -3.97. The van der Waals surface area contributed by atoms with Gasteiger partial charge in [0.1, 0.15) is 17.7 Å². The van der Waals surface area contributed by atoms with Crippen molar-refractivity contribution in [2.75, 3.05) is 54.8 Å². The maximum Gasteiger partial charge on any atom is 0.206 e. The molecule has 4 heterocycles. The van der Waals surface area contributed by atoms with E-state index >= 15 is 0 Å². The molecule has 0 unspecified atom stereocenters. The van der Waals surface area contributed by atoms with Crippen molar-refractivity contribution in [3.8, 4) is 28.8 Å². The summed E-state index contributed by atoms with van der Waals surface area (Å²) in [5.74, 6) is 7.93. The quantitative estimate of drug-likeness (QED) is 0.521. The van der Waals surface area contributed by atoms with Crippen molar-refractivity contribution in [3.63, 3.8) is 0 Å². The third kappa shape index (κ3) is 5.73. The fourth-order valence-corrected chi connectivity index (χ4v) is 4.84. The molecule has 0 amide bonds. The lowest BCUT2D eigenvalue weighted by Gasteiger charge is -2.28. The van der Waals surface area contributed by atoms with E-state index in [1.165, 1.54) is 0 Å². The molecule has 0 saturated carbocycles. The van der Waals surface area contributed by atoms with Gasteiger partial charge in [0.05, 0.1) is 17.9 Å². The van der Waals surface area contributed by atoms with Crippen LogP contribution in [0.3, 0.4) is 0 Å². The molecule has 10 heteroatoms. The fourth-order valence-electron chi connectivity index (χ4n) is 4.84. The molecule has 2 aliphatic rings. The van der Waals surface area contributed by atoms with Crippen LogP contribution in [0.15, 0.2) is 42.6 Å². The van der Waals surface area contributed by atoms with Crippen molar-refractivity contribution >= 4 is 17.3 Å². The van der Waals surface area contributed by atoms with E-state index in [2.05, 4.69) is 43.7 Å². The Bertz CT molecular complexity index is 1310. The Morgan fingerprint density at radius 2 is 1.97 bits per heavy atom. The normalized spacial score (nSPS) is 20.4. The molecule has 2 saturated heterocycles. The minimum Gasteiger partial charge on any atom is -0.507 e. The Labute approximate surface area is 216 Å². The van der Waals surface area contributed by atoms with Crippen LogP contribution in [0.1, 0.15) is 25.6 Å². The summed E-state index contributed by atoms with van der Waals surface area (Å²) in [5.41, 5.74) is 8.23. The number of hydrogen-bond donors (Lipinski definition) is 2. The van der Waals surface area contributed by atoms with Gasteiger partial charge in [-0.05, 0) is 50.0 Å². The first-order valence-corrected chi connectivity index (χ1v) is 12.6. The van der Waals surface area contributed by atoms with Crippen molar-refractivity contribution in [2.24, 2.45) is 0 Å². The Morgan fingerprint density at radius 1 is 1.11 bits per heavy atom. The van der Waals surface area contributed by atoms with Crippen LogP contribution in [0, 0.1) is 11.8 Å². The zero-order valence-electron chi connectivity index (χ0n) is 20.9. The number of rotatable bonds is 4. The number of nitrogens with zero attached hydrogens (tertiary/aromatic N) is 7. The van der Waals surface area contributed by atoms with Gasteiger partial charge in [-0.25, -0.2) is 14.4 Å². The van der Waals surface area contributed by atoms with Crippen molar-refractivity contribution in [2.45, 2.75) is 32.0 Å². The van der Waals surface area contributed by atoms with Crippen LogP contribution in [0.2, 0.25) is 0 Å². The molecule has 2 aliphatic heterocycles. The topological polar surface area (TPSA) is 108 Å². The van der Waals surface area contributed by atoms with Crippen molar-refractivity contribution in [1.82, 2.24) is 25.1 Å². The van der Waals surface area contributed by atoms with E-state index in [9.17, 15) is 9.50 Å². The molecule has 5 rings (SSSR count). The van der Waals surface area contributed by atoms with Crippen LogP contribution < -0.4 is 15.5 Å². The molecule has 0 spiro atoms. The van der Waals surface area contributed by atoms with E-state index in [4.69, 9.17) is 10.7 Å². The highest BCUT2D eigenvalue weighted by molar-refractivity contribution is 5.74. The molecule has 0 radical (unpaired) electrons. The molecule has 2 fully saturated rings.